The highest BCUT2D eigenvalue weighted by Gasteiger charge is 2.17. The number of carbonyl (C=O) groups is 1. The van der Waals surface area contributed by atoms with E-state index >= 15 is 4.39 Å². The number of aromatic nitrogens is 1. The van der Waals surface area contributed by atoms with Crippen molar-refractivity contribution < 1.29 is 23.4 Å². The average molecular weight is 419 g/mol. The second-order valence-corrected chi connectivity index (χ2v) is 7.32. The Balaban J connectivity index is 1.73. The minimum Gasteiger partial charge on any atom is -0.489 e. The van der Waals surface area contributed by atoms with Crippen molar-refractivity contribution >= 4 is 17.1 Å². The van der Waals surface area contributed by atoms with Gasteiger partial charge in [-0.25, -0.2) is 9.37 Å². The maximum atomic E-state index is 15.1. The molecule has 0 unspecified atom stereocenters. The van der Waals surface area contributed by atoms with Crippen molar-refractivity contribution in [2.45, 2.75) is 33.3 Å². The molecule has 1 heterocycles. The van der Waals surface area contributed by atoms with E-state index in [0.29, 0.717) is 51.4 Å². The summed E-state index contributed by atoms with van der Waals surface area (Å²) in [6.45, 7) is 3.84. The van der Waals surface area contributed by atoms with Crippen molar-refractivity contribution in [2.75, 3.05) is 0 Å². The largest absolute Gasteiger partial charge is 0.489 e. The molecule has 0 bridgehead atoms. The van der Waals surface area contributed by atoms with E-state index in [2.05, 4.69) is 4.98 Å². The van der Waals surface area contributed by atoms with Crippen molar-refractivity contribution in [2.24, 2.45) is 0 Å². The first-order chi connectivity index (χ1) is 15.0. The van der Waals surface area contributed by atoms with Gasteiger partial charge in [0.1, 0.15) is 23.7 Å². The molecular weight excluding hydrogens is 397 g/mol. The summed E-state index contributed by atoms with van der Waals surface area (Å²) in [5.74, 6) is -0.204. The molecule has 0 aliphatic heterocycles. The van der Waals surface area contributed by atoms with E-state index in [1.807, 2.05) is 25.1 Å². The number of benzene rings is 3. The van der Waals surface area contributed by atoms with Crippen LogP contribution in [0.15, 0.2) is 59.0 Å². The summed E-state index contributed by atoms with van der Waals surface area (Å²) < 4.78 is 26.8. The molecule has 31 heavy (non-hydrogen) atoms. The number of aliphatic carboxylic acids is 1. The Morgan fingerprint density at radius 1 is 1.10 bits per heavy atom. The van der Waals surface area contributed by atoms with Gasteiger partial charge in [0.15, 0.2) is 11.5 Å². The molecule has 0 saturated heterocycles. The van der Waals surface area contributed by atoms with Crippen LogP contribution in [0.3, 0.4) is 0 Å². The van der Waals surface area contributed by atoms with Gasteiger partial charge < -0.3 is 14.3 Å². The number of oxazole rings is 1. The number of ether oxygens (including phenoxy) is 1. The minimum atomic E-state index is -0.927. The van der Waals surface area contributed by atoms with Crippen molar-refractivity contribution in [1.29, 1.82) is 0 Å². The first-order valence-electron chi connectivity index (χ1n) is 10.1. The lowest BCUT2D eigenvalue weighted by Gasteiger charge is -2.12. The fourth-order valence-electron chi connectivity index (χ4n) is 3.66. The number of hydrogen-bond donors (Lipinski definition) is 1. The Morgan fingerprint density at radius 3 is 2.65 bits per heavy atom. The molecule has 0 aliphatic rings. The standard InChI is InChI=1S/C25H22FNO4/c1-3-17-8-6-9-19(24(17)26)20-11-16(12-21-25(20)31-15(2)27-21)14-30-22-10-5-4-7-18(22)13-23(28)29/h4-12H,3,13-14H2,1-2H3,(H,28,29). The summed E-state index contributed by atoms with van der Waals surface area (Å²) in [7, 11) is 0. The molecule has 6 heteroatoms. The molecule has 0 aliphatic carbocycles. The van der Waals surface area contributed by atoms with E-state index < -0.39 is 5.97 Å². The number of rotatable bonds is 7. The zero-order valence-corrected chi connectivity index (χ0v) is 17.3. The number of nitrogens with zero attached hydrogens (tertiary/aromatic N) is 1. The second-order valence-electron chi connectivity index (χ2n) is 7.32. The summed E-state index contributed by atoms with van der Waals surface area (Å²) in [5.41, 5.74) is 4.22. The van der Waals surface area contributed by atoms with E-state index in [4.69, 9.17) is 14.3 Å². The van der Waals surface area contributed by atoms with Crippen LogP contribution in [0.4, 0.5) is 4.39 Å². The van der Waals surface area contributed by atoms with Crippen LogP contribution in [0.1, 0.15) is 29.5 Å². The summed E-state index contributed by atoms with van der Waals surface area (Å²) in [4.78, 5) is 15.5. The van der Waals surface area contributed by atoms with E-state index in [-0.39, 0.29) is 18.8 Å². The highest BCUT2D eigenvalue weighted by molar-refractivity contribution is 5.91. The number of carboxylic acid groups (broad SMARTS) is 1. The molecule has 1 aromatic heterocycles. The second kappa shape index (κ2) is 8.60. The summed E-state index contributed by atoms with van der Waals surface area (Å²) in [6, 6.07) is 16.0. The number of para-hydroxylation sites is 1. The van der Waals surface area contributed by atoms with Gasteiger partial charge in [-0.3, -0.25) is 4.79 Å². The summed E-state index contributed by atoms with van der Waals surface area (Å²) >= 11 is 0. The lowest BCUT2D eigenvalue weighted by Crippen LogP contribution is -2.04. The van der Waals surface area contributed by atoms with E-state index in [1.165, 1.54) is 0 Å². The first kappa shape index (κ1) is 20.6. The number of halogens is 1. The molecule has 0 spiro atoms. The van der Waals surface area contributed by atoms with Crippen molar-refractivity contribution in [3.8, 4) is 16.9 Å². The lowest BCUT2D eigenvalue weighted by molar-refractivity contribution is -0.136. The van der Waals surface area contributed by atoms with Crippen LogP contribution >= 0.6 is 0 Å². The van der Waals surface area contributed by atoms with Gasteiger partial charge in [-0.2, -0.15) is 0 Å². The molecule has 0 atom stereocenters. The molecule has 5 nitrogen and oxygen atoms in total. The zero-order chi connectivity index (χ0) is 22.0. The van der Waals surface area contributed by atoms with Gasteiger partial charge >= 0.3 is 5.97 Å². The highest BCUT2D eigenvalue weighted by atomic mass is 19.1. The number of carboxylic acids is 1. The van der Waals surface area contributed by atoms with Gasteiger partial charge in [-0.1, -0.05) is 43.3 Å². The third kappa shape index (κ3) is 4.28. The average Bonchev–Trinajstić information content (AvgIpc) is 3.12. The van der Waals surface area contributed by atoms with Crippen molar-refractivity contribution in [3.05, 3.63) is 83.0 Å². The molecular formula is C25H22FNO4. The van der Waals surface area contributed by atoms with Crippen LogP contribution in [-0.4, -0.2) is 16.1 Å². The van der Waals surface area contributed by atoms with Gasteiger partial charge in [-0.15, -0.1) is 0 Å². The van der Waals surface area contributed by atoms with Crippen LogP contribution in [0, 0.1) is 12.7 Å². The van der Waals surface area contributed by atoms with Gasteiger partial charge in [0.2, 0.25) is 0 Å². The molecule has 0 amide bonds. The lowest BCUT2D eigenvalue weighted by atomic mass is 9.98. The fraction of sp³-hybridized carbons (Fsp3) is 0.200. The maximum absolute atomic E-state index is 15.1. The third-order valence-corrected chi connectivity index (χ3v) is 5.12. The predicted molar refractivity (Wildman–Crippen MR) is 116 cm³/mol. The predicted octanol–water partition coefficient (Wildman–Crippen LogP) is 5.71. The first-order valence-corrected chi connectivity index (χ1v) is 10.1. The van der Waals surface area contributed by atoms with Crippen LogP contribution < -0.4 is 4.74 Å². The van der Waals surface area contributed by atoms with Gasteiger partial charge in [-0.05, 0) is 35.7 Å². The molecule has 0 radical (unpaired) electrons. The highest BCUT2D eigenvalue weighted by Crippen LogP contribution is 2.34. The van der Waals surface area contributed by atoms with Crippen molar-refractivity contribution in [1.82, 2.24) is 4.98 Å². The van der Waals surface area contributed by atoms with Crippen LogP contribution in [-0.2, 0) is 24.2 Å². The van der Waals surface area contributed by atoms with Crippen LogP contribution in [0.25, 0.3) is 22.2 Å². The minimum absolute atomic E-state index is 0.127. The van der Waals surface area contributed by atoms with E-state index in [1.54, 1.807) is 43.3 Å². The zero-order valence-electron chi connectivity index (χ0n) is 17.3. The summed E-state index contributed by atoms with van der Waals surface area (Å²) in [5, 5.41) is 9.12. The topological polar surface area (TPSA) is 72.6 Å². The molecule has 3 aromatic carbocycles. The molecule has 0 fully saturated rings. The van der Waals surface area contributed by atoms with Gasteiger partial charge in [0.05, 0.1) is 6.42 Å². The Bertz CT molecular complexity index is 1260. The number of aryl methyl sites for hydroxylation is 2. The van der Waals surface area contributed by atoms with Gasteiger partial charge in [0, 0.05) is 23.6 Å². The number of hydrogen-bond acceptors (Lipinski definition) is 4. The Kier molecular flexibility index (Phi) is 5.71. The van der Waals surface area contributed by atoms with Gasteiger partial charge in [0.25, 0.3) is 0 Å². The normalized spacial score (nSPS) is 11.1. The Morgan fingerprint density at radius 2 is 1.87 bits per heavy atom. The van der Waals surface area contributed by atoms with E-state index in [0.717, 1.165) is 5.56 Å². The third-order valence-electron chi connectivity index (χ3n) is 5.12. The maximum Gasteiger partial charge on any atom is 0.307 e. The van der Waals surface area contributed by atoms with E-state index in [9.17, 15) is 4.79 Å². The molecule has 4 aromatic rings. The molecule has 1 N–H and O–H groups in total. The SMILES string of the molecule is CCc1cccc(-c2cc(COc3ccccc3CC(=O)O)cc3nc(C)oc23)c1F. The van der Waals surface area contributed by atoms with Crippen LogP contribution in [0.5, 0.6) is 5.75 Å². The monoisotopic (exact) mass is 419 g/mol. The fourth-order valence-corrected chi connectivity index (χ4v) is 3.66. The Hall–Kier alpha value is -3.67. The molecule has 4 rings (SSSR count). The smallest absolute Gasteiger partial charge is 0.307 e. The molecule has 158 valence electrons. The van der Waals surface area contributed by atoms with Crippen LogP contribution in [0.2, 0.25) is 0 Å². The molecule has 0 saturated carbocycles. The number of fused-ring (bicyclic) bond motifs is 1. The quantitative estimate of drug-likeness (QED) is 0.415. The summed E-state index contributed by atoms with van der Waals surface area (Å²) in [6.07, 6.45) is 0.458. The Labute approximate surface area is 179 Å². The van der Waals surface area contributed by atoms with Crippen molar-refractivity contribution in [3.63, 3.8) is 0 Å².